The number of rotatable bonds is 7. The van der Waals surface area contributed by atoms with E-state index in [1.165, 1.54) is 42.3 Å². The minimum absolute atomic E-state index is 0.0173. The number of methoxy groups -OCH3 is 1. The van der Waals surface area contributed by atoms with Gasteiger partial charge in [-0.2, -0.15) is 8.42 Å². The van der Waals surface area contributed by atoms with Crippen LogP contribution in [-0.4, -0.2) is 31.6 Å². The molecular weight excluding hydrogens is 542 g/mol. The van der Waals surface area contributed by atoms with Crippen molar-refractivity contribution in [3.63, 3.8) is 0 Å². The van der Waals surface area contributed by atoms with E-state index in [4.69, 9.17) is 8.92 Å². The molecule has 0 radical (unpaired) electrons. The number of benzene rings is 3. The molecule has 0 atom stereocenters. The standard InChI is InChI=1S/C24H18BrNO6S2/c1-31-18-8-10-19(11-9-18)34(29,30)32-21-12-7-17(13-20(21)25)14-22-23(27)26(24(28)33-22)15-16-5-3-2-4-6-16/h2-14H,15H2,1H3/b22-14-. The lowest BCUT2D eigenvalue weighted by Gasteiger charge is -2.12. The average Bonchev–Trinajstić information content (AvgIpc) is 3.09. The fraction of sp³-hybridized carbons (Fsp3) is 0.0833. The minimum Gasteiger partial charge on any atom is -0.497 e. The van der Waals surface area contributed by atoms with E-state index in [0.717, 1.165) is 17.3 Å². The first-order valence-corrected chi connectivity index (χ1v) is 13.0. The van der Waals surface area contributed by atoms with Gasteiger partial charge in [0, 0.05) is 0 Å². The molecule has 174 valence electrons. The first kappa shape index (κ1) is 24.1. The summed E-state index contributed by atoms with van der Waals surface area (Å²) in [7, 11) is -2.57. The van der Waals surface area contributed by atoms with Crippen LogP contribution in [-0.2, 0) is 21.5 Å². The van der Waals surface area contributed by atoms with Gasteiger partial charge >= 0.3 is 10.1 Å². The second-order valence-corrected chi connectivity index (χ2v) is 10.6. The Morgan fingerprint density at radius 2 is 1.71 bits per heavy atom. The molecule has 34 heavy (non-hydrogen) atoms. The highest BCUT2D eigenvalue weighted by molar-refractivity contribution is 9.10. The number of nitrogens with zero attached hydrogens (tertiary/aromatic N) is 1. The molecule has 0 N–H and O–H groups in total. The van der Waals surface area contributed by atoms with Crippen molar-refractivity contribution in [3.05, 3.63) is 93.3 Å². The van der Waals surface area contributed by atoms with Crippen LogP contribution in [0.5, 0.6) is 11.5 Å². The van der Waals surface area contributed by atoms with Gasteiger partial charge in [0.1, 0.15) is 10.6 Å². The highest BCUT2D eigenvalue weighted by Gasteiger charge is 2.35. The van der Waals surface area contributed by atoms with E-state index in [1.807, 2.05) is 30.3 Å². The Labute approximate surface area is 209 Å². The van der Waals surface area contributed by atoms with E-state index < -0.39 is 10.1 Å². The van der Waals surface area contributed by atoms with Crippen LogP contribution in [0.15, 0.2) is 87.1 Å². The second-order valence-electron chi connectivity index (χ2n) is 7.16. The van der Waals surface area contributed by atoms with Crippen LogP contribution in [0, 0.1) is 0 Å². The fourth-order valence-corrected chi connectivity index (χ4v) is 5.51. The molecule has 3 aromatic rings. The van der Waals surface area contributed by atoms with Crippen LogP contribution in [0.4, 0.5) is 4.79 Å². The summed E-state index contributed by atoms with van der Waals surface area (Å²) < 4.78 is 35.9. The monoisotopic (exact) mass is 559 g/mol. The Morgan fingerprint density at radius 3 is 2.35 bits per heavy atom. The summed E-state index contributed by atoms with van der Waals surface area (Å²) in [5.74, 6) is 0.236. The summed E-state index contributed by atoms with van der Waals surface area (Å²) in [6, 6.07) is 19.8. The van der Waals surface area contributed by atoms with E-state index in [0.29, 0.717) is 15.8 Å². The van der Waals surface area contributed by atoms with E-state index in [2.05, 4.69) is 15.9 Å². The van der Waals surface area contributed by atoms with Gasteiger partial charge in [0.25, 0.3) is 11.1 Å². The van der Waals surface area contributed by atoms with Crippen molar-refractivity contribution in [2.24, 2.45) is 0 Å². The van der Waals surface area contributed by atoms with E-state index in [-0.39, 0.29) is 33.2 Å². The lowest BCUT2D eigenvalue weighted by molar-refractivity contribution is -0.123. The smallest absolute Gasteiger partial charge is 0.339 e. The third kappa shape index (κ3) is 5.35. The van der Waals surface area contributed by atoms with E-state index in [1.54, 1.807) is 18.2 Å². The molecule has 0 aromatic heterocycles. The van der Waals surface area contributed by atoms with Crippen LogP contribution in [0.3, 0.4) is 0 Å². The normalized spacial score (nSPS) is 15.1. The average molecular weight is 560 g/mol. The predicted molar refractivity (Wildman–Crippen MR) is 133 cm³/mol. The number of ether oxygens (including phenoxy) is 1. The van der Waals surface area contributed by atoms with Crippen LogP contribution in [0.1, 0.15) is 11.1 Å². The Bertz CT molecular complexity index is 1370. The van der Waals surface area contributed by atoms with Crippen molar-refractivity contribution in [2.45, 2.75) is 11.4 Å². The minimum atomic E-state index is -4.06. The SMILES string of the molecule is COc1ccc(S(=O)(=O)Oc2ccc(/C=C3\SC(=O)N(Cc4ccccc4)C3=O)cc2Br)cc1. The third-order valence-corrected chi connectivity index (χ3v) is 7.63. The van der Waals surface area contributed by atoms with Crippen molar-refractivity contribution in [1.29, 1.82) is 0 Å². The zero-order chi connectivity index (χ0) is 24.3. The molecule has 0 aliphatic carbocycles. The van der Waals surface area contributed by atoms with Crippen LogP contribution >= 0.6 is 27.7 Å². The van der Waals surface area contributed by atoms with Gasteiger partial charge in [-0.3, -0.25) is 14.5 Å². The van der Waals surface area contributed by atoms with Gasteiger partial charge in [-0.15, -0.1) is 0 Å². The summed E-state index contributed by atoms with van der Waals surface area (Å²) >= 11 is 4.18. The Kier molecular flexibility index (Phi) is 7.11. The van der Waals surface area contributed by atoms with Crippen molar-refractivity contribution in [2.75, 3.05) is 7.11 Å². The van der Waals surface area contributed by atoms with Crippen LogP contribution in [0.25, 0.3) is 6.08 Å². The van der Waals surface area contributed by atoms with Gasteiger partial charge in [-0.25, -0.2) is 0 Å². The molecule has 0 unspecified atom stereocenters. The molecule has 2 amide bonds. The second kappa shape index (κ2) is 10.0. The fourth-order valence-electron chi connectivity index (χ4n) is 3.14. The maximum absolute atomic E-state index is 12.8. The van der Waals surface area contributed by atoms with Gasteiger partial charge in [-0.1, -0.05) is 36.4 Å². The van der Waals surface area contributed by atoms with Crippen LogP contribution < -0.4 is 8.92 Å². The van der Waals surface area contributed by atoms with Crippen molar-refractivity contribution in [1.82, 2.24) is 4.90 Å². The molecule has 1 aliphatic heterocycles. The summed E-state index contributed by atoms with van der Waals surface area (Å²) in [6.45, 7) is 0.197. The summed E-state index contributed by atoms with van der Waals surface area (Å²) in [4.78, 5) is 26.6. The number of carbonyl (C=O) groups is 2. The number of amides is 2. The lowest BCUT2D eigenvalue weighted by Crippen LogP contribution is -2.27. The third-order valence-electron chi connectivity index (χ3n) is 4.86. The molecule has 10 heteroatoms. The predicted octanol–water partition coefficient (Wildman–Crippen LogP) is 5.46. The van der Waals surface area contributed by atoms with Gasteiger partial charge in [0.15, 0.2) is 5.75 Å². The number of halogens is 1. The molecule has 0 saturated carbocycles. The molecule has 0 spiro atoms. The molecule has 1 saturated heterocycles. The molecule has 0 bridgehead atoms. The molecular formula is C24H18BrNO6S2. The highest BCUT2D eigenvalue weighted by Crippen LogP contribution is 2.35. The quantitative estimate of drug-likeness (QED) is 0.280. The van der Waals surface area contributed by atoms with Crippen molar-refractivity contribution in [3.8, 4) is 11.5 Å². The Morgan fingerprint density at radius 1 is 1.00 bits per heavy atom. The number of hydrogen-bond donors (Lipinski definition) is 0. The zero-order valence-electron chi connectivity index (χ0n) is 17.8. The Balaban J connectivity index is 1.50. The van der Waals surface area contributed by atoms with Gasteiger partial charge in [0.2, 0.25) is 0 Å². The first-order chi connectivity index (χ1) is 16.3. The highest BCUT2D eigenvalue weighted by atomic mass is 79.9. The number of imide groups is 1. The largest absolute Gasteiger partial charge is 0.497 e. The molecule has 1 aliphatic rings. The maximum atomic E-state index is 12.8. The number of carbonyl (C=O) groups excluding carboxylic acids is 2. The van der Waals surface area contributed by atoms with Gasteiger partial charge in [-0.05, 0) is 81.3 Å². The molecule has 4 rings (SSSR count). The number of thioether (sulfide) groups is 1. The molecule has 7 nitrogen and oxygen atoms in total. The lowest BCUT2D eigenvalue weighted by atomic mass is 10.2. The van der Waals surface area contributed by atoms with E-state index >= 15 is 0 Å². The first-order valence-electron chi connectivity index (χ1n) is 9.94. The summed E-state index contributed by atoms with van der Waals surface area (Å²) in [5.41, 5.74) is 1.46. The van der Waals surface area contributed by atoms with Gasteiger partial charge < -0.3 is 8.92 Å². The topological polar surface area (TPSA) is 90.0 Å². The molecule has 1 fully saturated rings. The van der Waals surface area contributed by atoms with E-state index in [9.17, 15) is 18.0 Å². The summed E-state index contributed by atoms with van der Waals surface area (Å²) in [6.07, 6.45) is 1.59. The maximum Gasteiger partial charge on any atom is 0.339 e. The molecule has 1 heterocycles. The van der Waals surface area contributed by atoms with Crippen molar-refractivity contribution >= 4 is 55.0 Å². The van der Waals surface area contributed by atoms with Crippen molar-refractivity contribution < 1.29 is 26.9 Å². The van der Waals surface area contributed by atoms with Gasteiger partial charge in [0.05, 0.1) is 23.0 Å². The summed E-state index contributed by atoms with van der Waals surface area (Å²) in [5, 5.41) is -0.343. The zero-order valence-corrected chi connectivity index (χ0v) is 21.0. The molecule has 3 aromatic carbocycles. The number of hydrogen-bond acceptors (Lipinski definition) is 7. The Hall–Kier alpha value is -3.08. The van der Waals surface area contributed by atoms with Crippen LogP contribution in [0.2, 0.25) is 0 Å².